The molecule has 4 N–H and O–H groups in total. The maximum absolute atomic E-state index is 14.3. The van der Waals surface area contributed by atoms with E-state index in [-0.39, 0.29) is 15.9 Å². The maximum Gasteiger partial charge on any atom is 0.408 e. The van der Waals surface area contributed by atoms with Gasteiger partial charge in [0, 0.05) is 24.5 Å². The molecule has 43 heavy (non-hydrogen) atoms. The average Bonchev–Trinajstić information content (AvgIpc) is 3.59. The summed E-state index contributed by atoms with van der Waals surface area (Å²) in [6.07, 6.45) is 3.58. The van der Waals surface area contributed by atoms with E-state index in [0.29, 0.717) is 25.8 Å². The molecule has 0 aromatic carbocycles. The highest BCUT2D eigenvalue weighted by Gasteiger charge is 2.53. The monoisotopic (exact) mass is 644 g/mol. The number of carbonyl (C=O) groups is 5. The maximum atomic E-state index is 14.3. The van der Waals surface area contributed by atoms with Crippen LogP contribution in [0.15, 0.2) is 0 Å². The van der Waals surface area contributed by atoms with Crippen LogP contribution in [0.5, 0.6) is 0 Å². The van der Waals surface area contributed by atoms with Gasteiger partial charge in [0.25, 0.3) is 5.91 Å². The van der Waals surface area contributed by atoms with Crippen molar-refractivity contribution in [1.29, 1.82) is 0 Å². The van der Waals surface area contributed by atoms with Crippen molar-refractivity contribution >= 4 is 53.3 Å². The molecule has 2 heterocycles. The summed E-state index contributed by atoms with van der Waals surface area (Å²) in [4.78, 5) is 66.7. The van der Waals surface area contributed by atoms with Gasteiger partial charge in [-0.15, -0.1) is 23.5 Å². The Kier molecular flexibility index (Phi) is 12.9. The third-order valence-corrected chi connectivity index (χ3v) is 11.4. The van der Waals surface area contributed by atoms with E-state index < -0.39 is 60.3 Å². The van der Waals surface area contributed by atoms with Crippen molar-refractivity contribution in [3.63, 3.8) is 0 Å². The molecule has 244 valence electrons. The molecule has 4 atom stereocenters. The number of aliphatic hydroxyl groups excluding tert-OH is 1. The summed E-state index contributed by atoms with van der Waals surface area (Å²) in [7, 11) is 1.19. The van der Waals surface area contributed by atoms with Crippen LogP contribution >= 0.6 is 23.5 Å². The zero-order chi connectivity index (χ0) is 31.8. The summed E-state index contributed by atoms with van der Waals surface area (Å²) < 4.78 is 9.69. The lowest BCUT2D eigenvalue weighted by atomic mass is 9.83. The van der Waals surface area contributed by atoms with Gasteiger partial charge in [-0.25, -0.2) is 4.79 Å². The number of carbonyl (C=O) groups excluding carboxylic acids is 5. The van der Waals surface area contributed by atoms with Crippen molar-refractivity contribution in [3.05, 3.63) is 0 Å². The van der Waals surface area contributed by atoms with Crippen LogP contribution in [0.3, 0.4) is 0 Å². The molecule has 1 saturated carbocycles. The molecule has 1 spiro atoms. The Bertz CT molecular complexity index is 1010. The number of thioether (sulfide) groups is 2. The lowest BCUT2D eigenvalue weighted by Crippen LogP contribution is -2.58. The van der Waals surface area contributed by atoms with Gasteiger partial charge in [0.15, 0.2) is 6.10 Å². The van der Waals surface area contributed by atoms with E-state index in [4.69, 9.17) is 4.74 Å². The molecule has 3 rings (SSSR count). The van der Waals surface area contributed by atoms with Crippen LogP contribution in [-0.2, 0) is 28.7 Å². The van der Waals surface area contributed by atoms with Crippen molar-refractivity contribution in [2.45, 2.75) is 113 Å². The minimum atomic E-state index is -1.60. The second-order valence-electron chi connectivity index (χ2n) is 12.5. The molecule has 3 fully saturated rings. The predicted octanol–water partition coefficient (Wildman–Crippen LogP) is 2.17. The van der Waals surface area contributed by atoms with Gasteiger partial charge < -0.3 is 35.4 Å². The van der Waals surface area contributed by atoms with Crippen LogP contribution in [0.2, 0.25) is 0 Å². The van der Waals surface area contributed by atoms with Gasteiger partial charge in [-0.1, -0.05) is 32.6 Å². The second-order valence-corrected chi connectivity index (χ2v) is 15.7. The number of alkyl carbamates (subject to hydrolysis) is 1. The summed E-state index contributed by atoms with van der Waals surface area (Å²) in [6, 6.07) is -2.61. The number of nitrogens with zero attached hydrogens (tertiary/aromatic N) is 1. The number of hydrogen-bond donors (Lipinski definition) is 4. The average molecular weight is 645 g/mol. The molecule has 2 saturated heterocycles. The van der Waals surface area contributed by atoms with Gasteiger partial charge in [0.2, 0.25) is 11.8 Å². The molecule has 3 aliphatic rings. The number of amides is 4. The second kappa shape index (κ2) is 15.7. The summed E-state index contributed by atoms with van der Waals surface area (Å²) in [5.41, 5.74) is -0.736. The fourth-order valence-electron chi connectivity index (χ4n) is 5.89. The van der Waals surface area contributed by atoms with Crippen molar-refractivity contribution < 1.29 is 38.6 Å². The fourth-order valence-corrected chi connectivity index (χ4v) is 9.15. The molecule has 1 aliphatic carbocycles. The molecule has 0 bridgehead atoms. The zero-order valence-electron chi connectivity index (χ0n) is 25.9. The molecule has 4 amide bonds. The Morgan fingerprint density at radius 2 is 1.70 bits per heavy atom. The van der Waals surface area contributed by atoms with E-state index in [2.05, 4.69) is 20.7 Å². The predicted molar refractivity (Wildman–Crippen MR) is 165 cm³/mol. The first kappa shape index (κ1) is 35.3. The lowest BCUT2D eigenvalue weighted by Gasteiger charge is -2.35. The van der Waals surface area contributed by atoms with Crippen LogP contribution in [0.1, 0.15) is 79.1 Å². The first-order chi connectivity index (χ1) is 20.3. The van der Waals surface area contributed by atoms with Crippen LogP contribution in [0.25, 0.3) is 0 Å². The van der Waals surface area contributed by atoms with Crippen LogP contribution in [0.4, 0.5) is 4.79 Å². The molecule has 3 unspecified atom stereocenters. The number of hydrogen-bond acceptors (Lipinski definition) is 10. The van der Waals surface area contributed by atoms with E-state index in [1.165, 1.54) is 7.11 Å². The van der Waals surface area contributed by atoms with E-state index in [0.717, 1.165) is 43.6 Å². The smallest absolute Gasteiger partial charge is 0.408 e. The number of rotatable bonds is 11. The molecule has 0 radical (unpaired) electrons. The molecule has 0 aromatic rings. The summed E-state index contributed by atoms with van der Waals surface area (Å²) in [5.74, 6) is -0.516. The first-order valence-corrected chi connectivity index (χ1v) is 17.2. The van der Waals surface area contributed by atoms with E-state index in [1.807, 2.05) is 6.92 Å². The molecule has 14 heteroatoms. The normalized spacial score (nSPS) is 22.4. The van der Waals surface area contributed by atoms with E-state index in [1.54, 1.807) is 49.2 Å². The van der Waals surface area contributed by atoms with Gasteiger partial charge in [-0.05, 0) is 46.0 Å². The van der Waals surface area contributed by atoms with Crippen molar-refractivity contribution in [2.24, 2.45) is 5.92 Å². The Hall–Kier alpha value is -2.19. The number of aliphatic hydroxyl groups is 1. The van der Waals surface area contributed by atoms with Crippen molar-refractivity contribution in [1.82, 2.24) is 20.9 Å². The van der Waals surface area contributed by atoms with Crippen molar-refractivity contribution in [2.75, 3.05) is 31.7 Å². The van der Waals surface area contributed by atoms with E-state index >= 15 is 0 Å². The van der Waals surface area contributed by atoms with Gasteiger partial charge in [0.1, 0.15) is 24.2 Å². The Labute approximate surface area is 262 Å². The topological polar surface area (TPSA) is 163 Å². The zero-order valence-corrected chi connectivity index (χ0v) is 27.6. The number of methoxy groups -OCH3 is 1. The minimum absolute atomic E-state index is 0.0777. The molecule has 2 aliphatic heterocycles. The summed E-state index contributed by atoms with van der Waals surface area (Å²) in [5, 5.41) is 18.8. The Morgan fingerprint density at radius 3 is 2.28 bits per heavy atom. The largest absolute Gasteiger partial charge is 0.468 e. The molecule has 12 nitrogen and oxygen atoms in total. The van der Waals surface area contributed by atoms with Gasteiger partial charge >= 0.3 is 12.1 Å². The summed E-state index contributed by atoms with van der Waals surface area (Å²) in [6.45, 7) is 7.09. The highest BCUT2D eigenvalue weighted by molar-refractivity contribution is 8.21. The number of ether oxygens (including phenoxy) is 2. The fraction of sp³-hybridized carbons (Fsp3) is 0.828. The van der Waals surface area contributed by atoms with Crippen LogP contribution < -0.4 is 16.0 Å². The lowest BCUT2D eigenvalue weighted by molar-refractivity contribution is -0.144. The number of nitrogens with one attached hydrogen (secondary N) is 3. The van der Waals surface area contributed by atoms with Gasteiger partial charge in [-0.3, -0.25) is 19.2 Å². The SMILES string of the molecule is CCCC(NC(=O)[C@@H]1CC2(CN1C(=O)C(NC(=O)OC(C)(C)C)C1CCCCC1)SCCS2)C(O)C(=O)NCC(=O)OC. The summed E-state index contributed by atoms with van der Waals surface area (Å²) >= 11 is 3.47. The number of likely N-dealkylation sites (tertiary alicyclic amines) is 1. The molecular weight excluding hydrogens is 596 g/mol. The molecule has 0 aromatic heterocycles. The van der Waals surface area contributed by atoms with Crippen molar-refractivity contribution in [3.8, 4) is 0 Å². The first-order valence-electron chi connectivity index (χ1n) is 15.2. The Balaban J connectivity index is 1.83. The third kappa shape index (κ3) is 9.90. The third-order valence-electron chi connectivity index (χ3n) is 7.96. The minimum Gasteiger partial charge on any atom is -0.468 e. The quantitative estimate of drug-likeness (QED) is 0.245. The van der Waals surface area contributed by atoms with Crippen LogP contribution in [0, 0.1) is 5.92 Å². The van der Waals surface area contributed by atoms with Gasteiger partial charge in [-0.2, -0.15) is 0 Å². The highest BCUT2D eigenvalue weighted by atomic mass is 32.2. The van der Waals surface area contributed by atoms with Crippen LogP contribution in [-0.4, -0.2) is 105 Å². The van der Waals surface area contributed by atoms with E-state index in [9.17, 15) is 29.1 Å². The van der Waals surface area contributed by atoms with Gasteiger partial charge in [0.05, 0.1) is 17.2 Å². The standard InChI is InChI=1S/C29H48N4O8S2/c1-6-10-19(23(35)25(37)30-16-21(34)40-5)31-24(36)20-15-29(42-13-14-43-29)17-33(20)26(38)22(18-11-8-7-9-12-18)32-27(39)41-28(2,3)4/h18-20,22-23,35H,6-17H2,1-5H3,(H,30,37)(H,31,36)(H,32,39)/t19?,20-,22?,23?/m0/s1. The molecular formula is C29H48N4O8S2. The highest BCUT2D eigenvalue weighted by Crippen LogP contribution is 2.52. The number of esters is 1. The Morgan fingerprint density at radius 1 is 1.05 bits per heavy atom.